The largest absolute Gasteiger partial charge is 0.229 e. The Kier molecular flexibility index (Phi) is 2.81. The Labute approximate surface area is 106 Å². The predicted octanol–water partition coefficient (Wildman–Crippen LogP) is 1.10. The van der Waals surface area contributed by atoms with Gasteiger partial charge in [0, 0.05) is 12.6 Å². The molecular weight excluding hydrogens is 250 g/mol. The standard InChI is InChI=1S/C12H15N3O2S/c16-18(17)7-3-4-10(9-18)8-11-13-12-5-1-2-6-15(12)14-11/h1-2,5-6,10H,3-4,7-9H2. The molecule has 6 heteroatoms. The maximum Gasteiger partial charge on any atom is 0.155 e. The fraction of sp³-hybridized carbons (Fsp3) is 0.500. The minimum atomic E-state index is -2.84. The van der Waals surface area contributed by atoms with Gasteiger partial charge >= 0.3 is 0 Å². The topological polar surface area (TPSA) is 64.3 Å². The van der Waals surface area contributed by atoms with Gasteiger partial charge in [0.2, 0.25) is 0 Å². The Bertz CT molecular complexity index is 630. The second kappa shape index (κ2) is 4.35. The smallest absolute Gasteiger partial charge is 0.155 e. The van der Waals surface area contributed by atoms with Gasteiger partial charge in [-0.25, -0.2) is 17.9 Å². The van der Waals surface area contributed by atoms with Crippen LogP contribution in [-0.4, -0.2) is 34.5 Å². The second-order valence-corrected chi connectivity index (χ2v) is 7.09. The molecular formula is C12H15N3O2S. The fourth-order valence-corrected chi connectivity index (χ4v) is 4.28. The van der Waals surface area contributed by atoms with Crippen LogP contribution in [0.5, 0.6) is 0 Å². The van der Waals surface area contributed by atoms with Gasteiger partial charge in [-0.05, 0) is 30.9 Å². The lowest BCUT2D eigenvalue weighted by atomic mass is 10.0. The van der Waals surface area contributed by atoms with Crippen molar-refractivity contribution in [2.45, 2.75) is 19.3 Å². The van der Waals surface area contributed by atoms with Crippen molar-refractivity contribution in [3.05, 3.63) is 30.2 Å². The minimum absolute atomic E-state index is 0.168. The Morgan fingerprint density at radius 2 is 2.28 bits per heavy atom. The van der Waals surface area contributed by atoms with Crippen molar-refractivity contribution in [3.8, 4) is 0 Å². The number of aromatic nitrogens is 3. The van der Waals surface area contributed by atoms with Crippen molar-refractivity contribution in [1.29, 1.82) is 0 Å². The molecule has 1 aliphatic rings. The summed E-state index contributed by atoms with van der Waals surface area (Å²) in [6, 6.07) is 5.71. The lowest BCUT2D eigenvalue weighted by Gasteiger charge is -2.20. The summed E-state index contributed by atoms with van der Waals surface area (Å²) in [6.45, 7) is 0. The van der Waals surface area contributed by atoms with Crippen LogP contribution in [-0.2, 0) is 16.3 Å². The van der Waals surface area contributed by atoms with E-state index in [1.54, 1.807) is 4.52 Å². The number of rotatable bonds is 2. The average Bonchev–Trinajstić information content (AvgIpc) is 2.69. The summed E-state index contributed by atoms with van der Waals surface area (Å²) < 4.78 is 24.9. The molecule has 0 aromatic carbocycles. The van der Waals surface area contributed by atoms with Crippen molar-refractivity contribution in [1.82, 2.24) is 14.6 Å². The lowest BCUT2D eigenvalue weighted by molar-refractivity contribution is 0.475. The van der Waals surface area contributed by atoms with Gasteiger partial charge in [0.25, 0.3) is 0 Å². The van der Waals surface area contributed by atoms with Crippen LogP contribution >= 0.6 is 0 Å². The van der Waals surface area contributed by atoms with E-state index < -0.39 is 9.84 Å². The van der Waals surface area contributed by atoms with Crippen LogP contribution in [0.15, 0.2) is 24.4 Å². The molecule has 1 fully saturated rings. The van der Waals surface area contributed by atoms with Crippen LogP contribution in [0.25, 0.3) is 5.65 Å². The fourth-order valence-electron chi connectivity index (χ4n) is 2.50. The summed E-state index contributed by atoms with van der Waals surface area (Å²) in [5.41, 5.74) is 0.811. The number of sulfone groups is 1. The van der Waals surface area contributed by atoms with E-state index in [0.29, 0.717) is 12.2 Å². The molecule has 1 atom stereocenters. The van der Waals surface area contributed by atoms with Gasteiger partial charge in [-0.2, -0.15) is 5.10 Å². The predicted molar refractivity (Wildman–Crippen MR) is 68.1 cm³/mol. The SMILES string of the molecule is O=S1(=O)CCCC(Cc2nc3ccccn3n2)C1. The Morgan fingerprint density at radius 1 is 1.39 bits per heavy atom. The van der Waals surface area contributed by atoms with E-state index in [1.165, 1.54) is 0 Å². The third-order valence-corrected chi connectivity index (χ3v) is 5.20. The number of fused-ring (bicyclic) bond motifs is 1. The second-order valence-electron chi connectivity index (χ2n) is 4.86. The quantitative estimate of drug-likeness (QED) is 0.815. The van der Waals surface area contributed by atoms with Gasteiger partial charge in [-0.3, -0.25) is 0 Å². The molecule has 0 N–H and O–H groups in total. The molecule has 18 heavy (non-hydrogen) atoms. The maximum atomic E-state index is 11.6. The van der Waals surface area contributed by atoms with Gasteiger partial charge in [-0.15, -0.1) is 0 Å². The zero-order chi connectivity index (χ0) is 12.6. The van der Waals surface area contributed by atoms with Crippen molar-refractivity contribution < 1.29 is 8.42 Å². The van der Waals surface area contributed by atoms with E-state index in [1.807, 2.05) is 24.4 Å². The van der Waals surface area contributed by atoms with Gasteiger partial charge in [-0.1, -0.05) is 6.07 Å². The number of hydrogen-bond donors (Lipinski definition) is 0. The molecule has 0 saturated carbocycles. The van der Waals surface area contributed by atoms with Crippen LogP contribution in [0, 0.1) is 5.92 Å². The zero-order valence-electron chi connectivity index (χ0n) is 9.99. The Hall–Kier alpha value is -1.43. The van der Waals surface area contributed by atoms with Crippen LogP contribution in [0.3, 0.4) is 0 Å². The molecule has 1 unspecified atom stereocenters. The van der Waals surface area contributed by atoms with E-state index >= 15 is 0 Å². The van der Waals surface area contributed by atoms with E-state index in [-0.39, 0.29) is 11.7 Å². The maximum absolute atomic E-state index is 11.6. The molecule has 3 heterocycles. The molecule has 0 bridgehead atoms. The summed E-state index contributed by atoms with van der Waals surface area (Å²) in [4.78, 5) is 4.41. The normalized spacial score (nSPS) is 23.2. The van der Waals surface area contributed by atoms with Crippen molar-refractivity contribution in [3.63, 3.8) is 0 Å². The third kappa shape index (κ3) is 2.38. The molecule has 1 saturated heterocycles. The molecule has 2 aromatic rings. The van der Waals surface area contributed by atoms with E-state index in [0.717, 1.165) is 24.3 Å². The highest BCUT2D eigenvalue weighted by atomic mass is 32.2. The molecule has 0 spiro atoms. The molecule has 0 aliphatic carbocycles. The van der Waals surface area contributed by atoms with Crippen LogP contribution < -0.4 is 0 Å². The van der Waals surface area contributed by atoms with Crippen molar-refractivity contribution in [2.75, 3.05) is 11.5 Å². The van der Waals surface area contributed by atoms with Gasteiger partial charge in [0.05, 0.1) is 11.5 Å². The first kappa shape index (κ1) is 11.6. The first-order chi connectivity index (χ1) is 8.62. The van der Waals surface area contributed by atoms with E-state index in [9.17, 15) is 8.42 Å². The van der Waals surface area contributed by atoms with Gasteiger partial charge < -0.3 is 0 Å². The van der Waals surface area contributed by atoms with E-state index in [2.05, 4.69) is 10.1 Å². The van der Waals surface area contributed by atoms with Gasteiger partial charge in [0.15, 0.2) is 21.3 Å². The summed E-state index contributed by atoms with van der Waals surface area (Å²) in [7, 11) is -2.84. The summed E-state index contributed by atoms with van der Waals surface area (Å²) in [5, 5.41) is 4.37. The van der Waals surface area contributed by atoms with Crippen molar-refractivity contribution >= 4 is 15.5 Å². The first-order valence-electron chi connectivity index (χ1n) is 6.13. The monoisotopic (exact) mass is 265 g/mol. The van der Waals surface area contributed by atoms with E-state index in [4.69, 9.17) is 0 Å². The molecule has 96 valence electrons. The highest BCUT2D eigenvalue weighted by Crippen LogP contribution is 2.21. The molecule has 3 rings (SSSR count). The van der Waals surface area contributed by atoms with Crippen LogP contribution in [0.1, 0.15) is 18.7 Å². The third-order valence-electron chi connectivity index (χ3n) is 3.31. The lowest BCUT2D eigenvalue weighted by Crippen LogP contribution is -2.26. The van der Waals surface area contributed by atoms with Crippen molar-refractivity contribution in [2.24, 2.45) is 5.92 Å². The number of hydrogen-bond acceptors (Lipinski definition) is 4. The summed E-state index contributed by atoms with van der Waals surface area (Å²) in [5.74, 6) is 1.52. The summed E-state index contributed by atoms with van der Waals surface area (Å²) >= 11 is 0. The van der Waals surface area contributed by atoms with Crippen LogP contribution in [0.2, 0.25) is 0 Å². The van der Waals surface area contributed by atoms with Crippen LogP contribution in [0.4, 0.5) is 0 Å². The Balaban J connectivity index is 1.80. The van der Waals surface area contributed by atoms with Gasteiger partial charge in [0.1, 0.15) is 0 Å². The first-order valence-corrected chi connectivity index (χ1v) is 7.95. The molecule has 1 aliphatic heterocycles. The highest BCUT2D eigenvalue weighted by molar-refractivity contribution is 7.91. The molecule has 5 nitrogen and oxygen atoms in total. The number of nitrogens with zero attached hydrogens (tertiary/aromatic N) is 3. The average molecular weight is 265 g/mol. The molecule has 0 radical (unpaired) electrons. The molecule has 2 aromatic heterocycles. The highest BCUT2D eigenvalue weighted by Gasteiger charge is 2.25. The molecule has 0 amide bonds. The number of pyridine rings is 1. The summed E-state index contributed by atoms with van der Waals surface area (Å²) in [6.07, 6.45) is 4.22. The Morgan fingerprint density at radius 3 is 3.06 bits per heavy atom. The zero-order valence-corrected chi connectivity index (χ0v) is 10.8. The minimum Gasteiger partial charge on any atom is -0.229 e.